The lowest BCUT2D eigenvalue weighted by atomic mass is 10.2. The van der Waals surface area contributed by atoms with Crippen LogP contribution in [0.3, 0.4) is 0 Å². The minimum absolute atomic E-state index is 0.105. The number of esters is 1. The third kappa shape index (κ3) is 9.34. The van der Waals surface area contributed by atoms with E-state index in [1.165, 1.54) is 0 Å². The normalized spacial score (nSPS) is 10.0. The lowest BCUT2D eigenvalue weighted by Crippen LogP contribution is -2.05. The second kappa shape index (κ2) is 9.52. The summed E-state index contributed by atoms with van der Waals surface area (Å²) in [6.45, 7) is 2.83. The highest BCUT2D eigenvalue weighted by molar-refractivity contribution is 5.69. The molecular formula is C10H20O3. The van der Waals surface area contributed by atoms with Crippen molar-refractivity contribution in [2.24, 2.45) is 0 Å². The van der Waals surface area contributed by atoms with Crippen LogP contribution in [0.2, 0.25) is 0 Å². The van der Waals surface area contributed by atoms with Gasteiger partial charge in [0, 0.05) is 13.0 Å². The summed E-state index contributed by atoms with van der Waals surface area (Å²) in [6, 6.07) is 0. The Kier molecular flexibility index (Phi) is 9.10. The first-order valence-electron chi connectivity index (χ1n) is 5.07. The minimum atomic E-state index is -0.105. The molecule has 0 unspecified atom stereocenters. The van der Waals surface area contributed by atoms with Gasteiger partial charge in [-0.05, 0) is 19.3 Å². The van der Waals surface area contributed by atoms with E-state index < -0.39 is 0 Å². The van der Waals surface area contributed by atoms with Crippen molar-refractivity contribution in [1.29, 1.82) is 0 Å². The Morgan fingerprint density at radius 2 is 2.00 bits per heavy atom. The highest BCUT2D eigenvalue weighted by Crippen LogP contribution is 2.01. The van der Waals surface area contributed by atoms with Gasteiger partial charge in [-0.2, -0.15) is 0 Å². The zero-order valence-corrected chi connectivity index (χ0v) is 8.42. The Morgan fingerprint density at radius 3 is 2.62 bits per heavy atom. The smallest absolute Gasteiger partial charge is 0.305 e. The van der Waals surface area contributed by atoms with Crippen molar-refractivity contribution in [2.75, 3.05) is 13.2 Å². The molecule has 1 N–H and O–H groups in total. The first kappa shape index (κ1) is 12.4. The van der Waals surface area contributed by atoms with Gasteiger partial charge < -0.3 is 9.84 Å². The third-order valence-corrected chi connectivity index (χ3v) is 1.80. The first-order chi connectivity index (χ1) is 6.31. The number of ether oxygens (including phenoxy) is 1. The molecule has 0 radical (unpaired) electrons. The quantitative estimate of drug-likeness (QED) is 0.467. The van der Waals surface area contributed by atoms with E-state index in [0.717, 1.165) is 32.1 Å². The van der Waals surface area contributed by atoms with Crippen LogP contribution >= 0.6 is 0 Å². The molecule has 0 saturated heterocycles. The monoisotopic (exact) mass is 188 g/mol. The Labute approximate surface area is 80.1 Å². The number of carbonyl (C=O) groups excluding carboxylic acids is 1. The van der Waals surface area contributed by atoms with Crippen molar-refractivity contribution in [3.05, 3.63) is 0 Å². The summed E-state index contributed by atoms with van der Waals surface area (Å²) >= 11 is 0. The molecular weight excluding hydrogens is 168 g/mol. The zero-order valence-electron chi connectivity index (χ0n) is 8.42. The van der Waals surface area contributed by atoms with Gasteiger partial charge in [-0.1, -0.05) is 19.8 Å². The Morgan fingerprint density at radius 1 is 1.23 bits per heavy atom. The van der Waals surface area contributed by atoms with Crippen LogP contribution in [0.15, 0.2) is 0 Å². The molecule has 3 heteroatoms. The fourth-order valence-electron chi connectivity index (χ4n) is 0.960. The molecule has 0 spiro atoms. The Bertz CT molecular complexity index is 123. The van der Waals surface area contributed by atoms with E-state index in [1.54, 1.807) is 0 Å². The third-order valence-electron chi connectivity index (χ3n) is 1.80. The maximum atomic E-state index is 11.0. The summed E-state index contributed by atoms with van der Waals surface area (Å²) < 4.78 is 4.96. The van der Waals surface area contributed by atoms with Crippen LogP contribution in [-0.4, -0.2) is 24.3 Å². The van der Waals surface area contributed by atoms with Crippen LogP contribution in [-0.2, 0) is 9.53 Å². The van der Waals surface area contributed by atoms with Crippen LogP contribution in [0.5, 0.6) is 0 Å². The molecule has 3 nitrogen and oxygen atoms in total. The molecule has 0 atom stereocenters. The molecule has 0 heterocycles. The number of rotatable bonds is 8. The van der Waals surface area contributed by atoms with E-state index in [1.807, 2.05) is 0 Å². The lowest BCUT2D eigenvalue weighted by Gasteiger charge is -2.02. The van der Waals surface area contributed by atoms with Crippen molar-refractivity contribution < 1.29 is 14.6 Å². The maximum absolute atomic E-state index is 11.0. The Hall–Kier alpha value is -0.570. The molecule has 78 valence electrons. The van der Waals surface area contributed by atoms with Crippen LogP contribution in [0.4, 0.5) is 0 Å². The first-order valence-corrected chi connectivity index (χ1v) is 5.07. The molecule has 13 heavy (non-hydrogen) atoms. The van der Waals surface area contributed by atoms with Crippen molar-refractivity contribution in [2.45, 2.75) is 45.4 Å². The number of unbranched alkanes of at least 4 members (excludes halogenated alkanes) is 3. The predicted molar refractivity (Wildman–Crippen MR) is 51.4 cm³/mol. The number of aliphatic hydroxyl groups is 1. The second-order valence-corrected chi connectivity index (χ2v) is 3.11. The Balaban J connectivity index is 3.11. The molecule has 0 fully saturated rings. The number of aliphatic hydroxyl groups excluding tert-OH is 1. The van der Waals surface area contributed by atoms with Crippen LogP contribution in [0.25, 0.3) is 0 Å². The maximum Gasteiger partial charge on any atom is 0.305 e. The average molecular weight is 188 g/mol. The van der Waals surface area contributed by atoms with E-state index in [-0.39, 0.29) is 12.6 Å². The molecule has 0 rings (SSSR count). The summed E-state index contributed by atoms with van der Waals surface area (Å²) in [4.78, 5) is 11.0. The molecule has 0 aromatic heterocycles. The predicted octanol–water partition coefficient (Wildman–Crippen LogP) is 1.88. The van der Waals surface area contributed by atoms with E-state index in [2.05, 4.69) is 6.92 Å². The van der Waals surface area contributed by atoms with E-state index in [4.69, 9.17) is 9.84 Å². The van der Waals surface area contributed by atoms with Gasteiger partial charge in [-0.25, -0.2) is 0 Å². The summed E-state index contributed by atoms with van der Waals surface area (Å²) in [5.74, 6) is -0.105. The van der Waals surface area contributed by atoms with Gasteiger partial charge in [-0.3, -0.25) is 4.79 Å². The summed E-state index contributed by atoms with van der Waals surface area (Å²) in [5.41, 5.74) is 0. The van der Waals surface area contributed by atoms with Crippen LogP contribution < -0.4 is 0 Å². The van der Waals surface area contributed by atoms with Crippen LogP contribution in [0, 0.1) is 0 Å². The molecule has 0 saturated carbocycles. The van der Waals surface area contributed by atoms with Gasteiger partial charge in [0.2, 0.25) is 0 Å². The lowest BCUT2D eigenvalue weighted by molar-refractivity contribution is -0.143. The van der Waals surface area contributed by atoms with Gasteiger partial charge in [-0.15, -0.1) is 0 Å². The van der Waals surface area contributed by atoms with E-state index in [0.29, 0.717) is 13.0 Å². The summed E-state index contributed by atoms with van der Waals surface area (Å²) in [7, 11) is 0. The molecule has 0 aromatic rings. The standard InChI is InChI=1S/C10H20O3/c1-2-3-9-13-10(12)7-5-4-6-8-11/h11H,2-9H2,1H3. The topological polar surface area (TPSA) is 46.5 Å². The second-order valence-electron chi connectivity index (χ2n) is 3.11. The fourth-order valence-corrected chi connectivity index (χ4v) is 0.960. The van der Waals surface area contributed by atoms with Gasteiger partial charge in [0.1, 0.15) is 0 Å². The molecule has 0 aromatic carbocycles. The zero-order chi connectivity index (χ0) is 9.94. The molecule has 0 aliphatic rings. The van der Waals surface area contributed by atoms with Gasteiger partial charge in [0.25, 0.3) is 0 Å². The van der Waals surface area contributed by atoms with Crippen molar-refractivity contribution >= 4 is 5.97 Å². The summed E-state index contributed by atoms with van der Waals surface area (Å²) in [5, 5.41) is 8.49. The summed E-state index contributed by atoms with van der Waals surface area (Å²) in [6.07, 6.45) is 5.00. The van der Waals surface area contributed by atoms with Crippen molar-refractivity contribution in [3.8, 4) is 0 Å². The van der Waals surface area contributed by atoms with Crippen molar-refractivity contribution in [1.82, 2.24) is 0 Å². The highest BCUT2D eigenvalue weighted by atomic mass is 16.5. The molecule has 0 aliphatic carbocycles. The fraction of sp³-hybridized carbons (Fsp3) is 0.900. The van der Waals surface area contributed by atoms with E-state index >= 15 is 0 Å². The van der Waals surface area contributed by atoms with E-state index in [9.17, 15) is 4.79 Å². The van der Waals surface area contributed by atoms with Gasteiger partial charge in [0.15, 0.2) is 0 Å². The average Bonchev–Trinajstić information content (AvgIpc) is 2.13. The van der Waals surface area contributed by atoms with Crippen LogP contribution in [0.1, 0.15) is 45.4 Å². The number of hydrogen-bond donors (Lipinski definition) is 1. The van der Waals surface area contributed by atoms with Gasteiger partial charge >= 0.3 is 5.97 Å². The SMILES string of the molecule is CCCCOC(=O)CCCCCO. The number of carbonyl (C=O) groups is 1. The number of hydrogen-bond acceptors (Lipinski definition) is 3. The van der Waals surface area contributed by atoms with Gasteiger partial charge in [0.05, 0.1) is 6.61 Å². The minimum Gasteiger partial charge on any atom is -0.466 e. The molecule has 0 amide bonds. The molecule has 0 aliphatic heterocycles. The van der Waals surface area contributed by atoms with Crippen molar-refractivity contribution in [3.63, 3.8) is 0 Å². The molecule has 0 bridgehead atoms. The highest BCUT2D eigenvalue weighted by Gasteiger charge is 2.00. The largest absolute Gasteiger partial charge is 0.466 e.